The number of benzene rings is 2. The van der Waals surface area contributed by atoms with Crippen LogP contribution in [0, 0.1) is 26.7 Å². The SMILES string of the molecule is Cc1ccc(NC(=O)CCN2CCCC(C(=O)N3CCCc4cc(C)c(C)cc4C3)C2)cc1. The molecule has 2 aliphatic heterocycles. The molecule has 0 radical (unpaired) electrons. The fourth-order valence-electron chi connectivity index (χ4n) is 5.09. The summed E-state index contributed by atoms with van der Waals surface area (Å²) < 4.78 is 0. The topological polar surface area (TPSA) is 52.7 Å². The number of nitrogens with one attached hydrogen (secondary N) is 1. The van der Waals surface area contributed by atoms with E-state index in [1.165, 1.54) is 27.8 Å². The third kappa shape index (κ3) is 6.02. The quantitative estimate of drug-likeness (QED) is 0.727. The second-order valence-electron chi connectivity index (χ2n) is 9.87. The Hall–Kier alpha value is -2.66. The zero-order valence-corrected chi connectivity index (χ0v) is 20.3. The van der Waals surface area contributed by atoms with Crippen LogP contribution in [0.4, 0.5) is 5.69 Å². The smallest absolute Gasteiger partial charge is 0.227 e. The van der Waals surface area contributed by atoms with Crippen LogP contribution >= 0.6 is 0 Å². The van der Waals surface area contributed by atoms with Crippen molar-refractivity contribution in [1.82, 2.24) is 9.80 Å². The normalized spacial score (nSPS) is 19.0. The maximum Gasteiger partial charge on any atom is 0.227 e. The van der Waals surface area contributed by atoms with Gasteiger partial charge in [-0.05, 0) is 87.4 Å². The van der Waals surface area contributed by atoms with Crippen LogP contribution in [0.2, 0.25) is 0 Å². The molecule has 0 aliphatic carbocycles. The highest BCUT2D eigenvalue weighted by atomic mass is 16.2. The number of amides is 2. The molecule has 176 valence electrons. The fourth-order valence-corrected chi connectivity index (χ4v) is 5.09. The Morgan fingerprint density at radius 3 is 2.45 bits per heavy atom. The first-order valence-electron chi connectivity index (χ1n) is 12.4. The number of nitrogens with zero attached hydrogens (tertiary/aromatic N) is 2. The highest BCUT2D eigenvalue weighted by Gasteiger charge is 2.30. The van der Waals surface area contributed by atoms with Gasteiger partial charge in [-0.25, -0.2) is 0 Å². The Labute approximate surface area is 198 Å². The van der Waals surface area contributed by atoms with Crippen molar-refractivity contribution >= 4 is 17.5 Å². The van der Waals surface area contributed by atoms with E-state index < -0.39 is 0 Å². The first-order chi connectivity index (χ1) is 15.9. The molecule has 1 saturated heterocycles. The maximum absolute atomic E-state index is 13.4. The van der Waals surface area contributed by atoms with Crippen molar-refractivity contribution < 1.29 is 9.59 Å². The molecule has 33 heavy (non-hydrogen) atoms. The molecular formula is C28H37N3O2. The number of rotatable bonds is 5. The summed E-state index contributed by atoms with van der Waals surface area (Å²) in [5.74, 6) is 0.351. The van der Waals surface area contributed by atoms with E-state index in [-0.39, 0.29) is 17.7 Å². The Kier molecular flexibility index (Phi) is 7.49. The lowest BCUT2D eigenvalue weighted by Gasteiger charge is -2.34. The predicted molar refractivity (Wildman–Crippen MR) is 133 cm³/mol. The standard InChI is InChI=1S/C28H37N3O2/c1-20-8-10-26(11-9-20)29-27(32)12-15-30-13-4-7-24(18-30)28(33)31-14-5-6-23-16-21(2)22(3)17-25(23)19-31/h8-11,16-17,24H,4-7,12-15,18-19H2,1-3H3,(H,29,32). The largest absolute Gasteiger partial charge is 0.338 e. The summed E-state index contributed by atoms with van der Waals surface area (Å²) in [6.07, 6.45) is 4.48. The number of fused-ring (bicyclic) bond motifs is 1. The van der Waals surface area contributed by atoms with Gasteiger partial charge in [0, 0.05) is 38.3 Å². The number of aryl methyl sites for hydroxylation is 4. The first-order valence-corrected chi connectivity index (χ1v) is 12.4. The Morgan fingerprint density at radius 2 is 1.70 bits per heavy atom. The number of carbonyl (C=O) groups excluding carboxylic acids is 2. The molecule has 1 N–H and O–H groups in total. The zero-order chi connectivity index (χ0) is 23.4. The molecule has 1 atom stereocenters. The lowest BCUT2D eigenvalue weighted by Crippen LogP contribution is -2.45. The van der Waals surface area contributed by atoms with Crippen molar-refractivity contribution in [2.45, 2.75) is 59.4 Å². The number of hydrogen-bond acceptors (Lipinski definition) is 3. The molecule has 5 heteroatoms. The molecule has 5 nitrogen and oxygen atoms in total. The summed E-state index contributed by atoms with van der Waals surface area (Å²) in [6.45, 7) is 10.3. The van der Waals surface area contributed by atoms with Crippen LogP contribution in [0.1, 0.15) is 53.5 Å². The van der Waals surface area contributed by atoms with E-state index in [0.717, 1.165) is 57.5 Å². The zero-order valence-electron chi connectivity index (χ0n) is 20.3. The van der Waals surface area contributed by atoms with Crippen molar-refractivity contribution in [3.05, 3.63) is 64.2 Å². The van der Waals surface area contributed by atoms with Gasteiger partial charge in [0.15, 0.2) is 0 Å². The van der Waals surface area contributed by atoms with Gasteiger partial charge in [0.1, 0.15) is 0 Å². The molecule has 2 amide bonds. The summed E-state index contributed by atoms with van der Waals surface area (Å²) in [6, 6.07) is 12.5. The minimum atomic E-state index is 0.0297. The molecule has 1 fully saturated rings. The highest BCUT2D eigenvalue weighted by Crippen LogP contribution is 2.26. The molecule has 2 aliphatic rings. The second-order valence-corrected chi connectivity index (χ2v) is 9.87. The van der Waals surface area contributed by atoms with Gasteiger partial charge in [0.25, 0.3) is 0 Å². The van der Waals surface area contributed by atoms with E-state index in [2.05, 4.69) is 41.1 Å². The van der Waals surface area contributed by atoms with Crippen LogP contribution in [0.3, 0.4) is 0 Å². The van der Waals surface area contributed by atoms with Gasteiger partial charge >= 0.3 is 0 Å². The predicted octanol–water partition coefficient (Wildman–Crippen LogP) is 4.63. The minimum Gasteiger partial charge on any atom is -0.338 e. The molecule has 0 spiro atoms. The molecule has 1 unspecified atom stereocenters. The van der Waals surface area contributed by atoms with Gasteiger partial charge in [-0.2, -0.15) is 0 Å². The summed E-state index contributed by atoms with van der Waals surface area (Å²) in [5.41, 5.74) is 7.36. The van der Waals surface area contributed by atoms with Gasteiger partial charge in [-0.3, -0.25) is 9.59 Å². The Balaban J connectivity index is 1.31. The second kappa shape index (κ2) is 10.5. The lowest BCUT2D eigenvalue weighted by atomic mass is 9.95. The van der Waals surface area contributed by atoms with Crippen molar-refractivity contribution in [1.29, 1.82) is 0 Å². The molecule has 0 saturated carbocycles. The fraction of sp³-hybridized carbons (Fsp3) is 0.500. The number of piperidine rings is 1. The molecule has 2 heterocycles. The monoisotopic (exact) mass is 447 g/mol. The van der Waals surface area contributed by atoms with E-state index >= 15 is 0 Å². The number of anilines is 1. The van der Waals surface area contributed by atoms with Crippen LogP contribution in [0.25, 0.3) is 0 Å². The van der Waals surface area contributed by atoms with Crippen LogP contribution < -0.4 is 5.32 Å². The van der Waals surface area contributed by atoms with Crippen molar-refractivity contribution in [2.24, 2.45) is 5.92 Å². The van der Waals surface area contributed by atoms with E-state index in [0.29, 0.717) is 13.0 Å². The van der Waals surface area contributed by atoms with E-state index in [1.807, 2.05) is 31.2 Å². The number of hydrogen-bond donors (Lipinski definition) is 1. The summed E-state index contributed by atoms with van der Waals surface area (Å²) in [4.78, 5) is 30.2. The maximum atomic E-state index is 13.4. The molecule has 2 aromatic rings. The van der Waals surface area contributed by atoms with Crippen LogP contribution in [0.15, 0.2) is 36.4 Å². The molecule has 2 aromatic carbocycles. The average Bonchev–Trinajstić information content (AvgIpc) is 3.01. The molecule has 0 bridgehead atoms. The third-order valence-electron chi connectivity index (χ3n) is 7.21. The number of carbonyl (C=O) groups is 2. The van der Waals surface area contributed by atoms with Gasteiger partial charge in [-0.15, -0.1) is 0 Å². The minimum absolute atomic E-state index is 0.0297. The molecular weight excluding hydrogens is 410 g/mol. The Bertz CT molecular complexity index is 999. The Morgan fingerprint density at radius 1 is 0.970 bits per heavy atom. The summed E-state index contributed by atoms with van der Waals surface area (Å²) in [5, 5.41) is 2.98. The van der Waals surface area contributed by atoms with Gasteiger partial charge in [0.2, 0.25) is 11.8 Å². The van der Waals surface area contributed by atoms with Crippen molar-refractivity contribution in [3.8, 4) is 0 Å². The highest BCUT2D eigenvalue weighted by molar-refractivity contribution is 5.90. The van der Waals surface area contributed by atoms with Crippen molar-refractivity contribution in [3.63, 3.8) is 0 Å². The average molecular weight is 448 g/mol. The molecule has 0 aromatic heterocycles. The van der Waals surface area contributed by atoms with Crippen LogP contribution in [-0.2, 0) is 22.6 Å². The van der Waals surface area contributed by atoms with E-state index in [1.54, 1.807) is 0 Å². The number of likely N-dealkylation sites (tertiary alicyclic amines) is 1. The summed E-state index contributed by atoms with van der Waals surface area (Å²) >= 11 is 0. The molecule has 4 rings (SSSR count). The lowest BCUT2D eigenvalue weighted by molar-refractivity contribution is -0.138. The van der Waals surface area contributed by atoms with Crippen LogP contribution in [-0.4, -0.2) is 47.8 Å². The summed E-state index contributed by atoms with van der Waals surface area (Å²) in [7, 11) is 0. The van der Waals surface area contributed by atoms with Gasteiger partial charge < -0.3 is 15.1 Å². The third-order valence-corrected chi connectivity index (χ3v) is 7.21. The van der Waals surface area contributed by atoms with E-state index in [9.17, 15) is 9.59 Å². The van der Waals surface area contributed by atoms with Gasteiger partial charge in [0.05, 0.1) is 5.92 Å². The van der Waals surface area contributed by atoms with Crippen molar-refractivity contribution in [2.75, 3.05) is 31.5 Å². The van der Waals surface area contributed by atoms with Crippen LogP contribution in [0.5, 0.6) is 0 Å². The van der Waals surface area contributed by atoms with E-state index in [4.69, 9.17) is 0 Å². The first kappa shape index (κ1) is 23.5. The van der Waals surface area contributed by atoms with Gasteiger partial charge in [-0.1, -0.05) is 29.8 Å².